The Labute approximate surface area is 123 Å². The van der Waals surface area contributed by atoms with Crippen molar-refractivity contribution in [2.45, 2.75) is 51.4 Å². The molecule has 0 aliphatic carbocycles. The van der Waals surface area contributed by atoms with Crippen molar-refractivity contribution in [3.63, 3.8) is 0 Å². The maximum absolute atomic E-state index is 10.6. The van der Waals surface area contributed by atoms with Crippen molar-refractivity contribution in [2.24, 2.45) is 5.92 Å². The summed E-state index contributed by atoms with van der Waals surface area (Å²) in [5.41, 5.74) is -0.216. The maximum atomic E-state index is 10.6. The molecule has 0 saturated carbocycles. The van der Waals surface area contributed by atoms with Crippen molar-refractivity contribution in [1.29, 1.82) is 0 Å². The molecule has 1 aliphatic rings. The zero-order valence-electron chi connectivity index (χ0n) is 11.6. The van der Waals surface area contributed by atoms with E-state index in [-0.39, 0.29) is 11.5 Å². The molecule has 3 nitrogen and oxygen atoms in total. The first-order chi connectivity index (χ1) is 8.62. The molecule has 1 N–H and O–H groups in total. The Hall–Kier alpha value is -0.350. The fraction of sp³-hybridized carbons (Fsp3) is 0.643. The van der Waals surface area contributed by atoms with Crippen molar-refractivity contribution in [1.82, 2.24) is 4.98 Å². The molecule has 0 amide bonds. The van der Waals surface area contributed by atoms with E-state index in [9.17, 15) is 5.11 Å². The molecular formula is C14H19Cl2NO2. The zero-order valence-corrected chi connectivity index (χ0v) is 13.1. The monoisotopic (exact) mass is 303 g/mol. The Balaban J connectivity index is 2.31. The highest BCUT2D eigenvalue weighted by Gasteiger charge is 2.49. The van der Waals surface area contributed by atoms with Crippen LogP contribution in [-0.4, -0.2) is 21.3 Å². The van der Waals surface area contributed by atoms with Crippen LogP contribution in [0.5, 0.6) is 0 Å². The van der Waals surface area contributed by atoms with Crippen LogP contribution in [0.25, 0.3) is 0 Å². The van der Waals surface area contributed by atoms with Gasteiger partial charge in [0, 0.05) is 12.1 Å². The summed E-state index contributed by atoms with van der Waals surface area (Å²) >= 11 is 11.9. The van der Waals surface area contributed by atoms with Crippen molar-refractivity contribution in [2.75, 3.05) is 0 Å². The second kappa shape index (κ2) is 4.88. The molecule has 0 aromatic carbocycles. The van der Waals surface area contributed by atoms with Gasteiger partial charge in [0.25, 0.3) is 0 Å². The summed E-state index contributed by atoms with van der Waals surface area (Å²) in [6.07, 6.45) is 1.49. The molecule has 19 heavy (non-hydrogen) atoms. The van der Waals surface area contributed by atoms with Gasteiger partial charge in [-0.15, -0.1) is 0 Å². The van der Waals surface area contributed by atoms with Gasteiger partial charge in [-0.25, -0.2) is 0 Å². The van der Waals surface area contributed by atoms with Gasteiger partial charge in [-0.1, -0.05) is 23.2 Å². The molecule has 0 bridgehead atoms. The SMILES string of the molecule is CC1(C)CC(C(O)c2ncc(Cl)cc2Cl)C(C)(C)O1. The van der Waals surface area contributed by atoms with Crippen LogP contribution in [0.3, 0.4) is 0 Å². The molecule has 0 radical (unpaired) electrons. The summed E-state index contributed by atoms with van der Waals surface area (Å²) in [4.78, 5) is 4.17. The van der Waals surface area contributed by atoms with E-state index in [1.165, 1.54) is 6.20 Å². The van der Waals surface area contributed by atoms with E-state index in [0.717, 1.165) is 6.42 Å². The number of pyridine rings is 1. The number of rotatable bonds is 2. The number of nitrogens with zero attached hydrogens (tertiary/aromatic N) is 1. The Kier molecular flexibility index (Phi) is 3.87. The first-order valence-electron chi connectivity index (χ1n) is 6.31. The van der Waals surface area contributed by atoms with E-state index >= 15 is 0 Å². The third-order valence-corrected chi connectivity index (χ3v) is 4.15. The predicted octanol–water partition coefficient (Wildman–Crippen LogP) is 4.02. The first-order valence-corrected chi connectivity index (χ1v) is 7.07. The summed E-state index contributed by atoms with van der Waals surface area (Å²) in [6, 6.07) is 1.60. The third-order valence-electron chi connectivity index (χ3n) is 3.64. The molecule has 2 heterocycles. The van der Waals surface area contributed by atoms with Gasteiger partial charge < -0.3 is 9.84 Å². The Bertz CT molecular complexity index is 488. The van der Waals surface area contributed by atoms with E-state index < -0.39 is 11.7 Å². The standard InChI is InChI=1S/C14H19Cl2NO2/c1-13(2)6-9(14(3,4)19-13)12(18)11-10(16)5-8(15)7-17-11/h5,7,9,12,18H,6H2,1-4H3. The van der Waals surface area contributed by atoms with Crippen molar-refractivity contribution in [3.05, 3.63) is 28.0 Å². The number of hydrogen-bond acceptors (Lipinski definition) is 3. The molecule has 0 spiro atoms. The lowest BCUT2D eigenvalue weighted by atomic mass is 9.82. The molecule has 1 aliphatic heterocycles. The van der Waals surface area contributed by atoms with Crippen LogP contribution in [-0.2, 0) is 4.74 Å². The molecule has 5 heteroatoms. The highest BCUT2D eigenvalue weighted by Crippen LogP contribution is 2.48. The molecule has 1 aromatic rings. The van der Waals surface area contributed by atoms with E-state index in [4.69, 9.17) is 27.9 Å². The number of aliphatic hydroxyl groups is 1. The Morgan fingerprint density at radius 2 is 2.00 bits per heavy atom. The van der Waals surface area contributed by atoms with E-state index in [2.05, 4.69) is 4.98 Å². The van der Waals surface area contributed by atoms with E-state index in [1.807, 2.05) is 27.7 Å². The van der Waals surface area contributed by atoms with Gasteiger partial charge in [0.15, 0.2) is 0 Å². The summed E-state index contributed by atoms with van der Waals surface area (Å²) in [6.45, 7) is 8.02. The Morgan fingerprint density at radius 3 is 2.47 bits per heavy atom. The topological polar surface area (TPSA) is 42.4 Å². The van der Waals surface area contributed by atoms with Crippen LogP contribution in [0, 0.1) is 5.92 Å². The number of aromatic nitrogens is 1. The van der Waals surface area contributed by atoms with E-state index in [1.54, 1.807) is 6.07 Å². The van der Waals surface area contributed by atoms with Crippen LogP contribution in [0.15, 0.2) is 12.3 Å². The smallest absolute Gasteiger partial charge is 0.103 e. The average Bonchev–Trinajstić information content (AvgIpc) is 2.45. The summed E-state index contributed by atoms with van der Waals surface area (Å²) in [7, 11) is 0. The summed E-state index contributed by atoms with van der Waals surface area (Å²) in [5.74, 6) is -0.0614. The van der Waals surface area contributed by atoms with Gasteiger partial charge in [-0.2, -0.15) is 0 Å². The third kappa shape index (κ3) is 3.05. The molecule has 2 atom stereocenters. The normalized spacial score (nSPS) is 26.4. The Morgan fingerprint density at radius 1 is 1.37 bits per heavy atom. The highest BCUT2D eigenvalue weighted by molar-refractivity contribution is 6.34. The second-order valence-corrected chi connectivity index (χ2v) is 7.08. The van der Waals surface area contributed by atoms with Crippen molar-refractivity contribution >= 4 is 23.2 Å². The first kappa shape index (κ1) is 15.0. The lowest BCUT2D eigenvalue weighted by Crippen LogP contribution is -2.33. The molecule has 2 rings (SSSR count). The van der Waals surface area contributed by atoms with Crippen LogP contribution in [0.2, 0.25) is 10.0 Å². The van der Waals surface area contributed by atoms with Crippen LogP contribution >= 0.6 is 23.2 Å². The van der Waals surface area contributed by atoms with E-state index in [0.29, 0.717) is 15.7 Å². The van der Waals surface area contributed by atoms with Crippen LogP contribution < -0.4 is 0 Å². The van der Waals surface area contributed by atoms with Gasteiger partial charge >= 0.3 is 0 Å². The predicted molar refractivity (Wildman–Crippen MR) is 76.6 cm³/mol. The summed E-state index contributed by atoms with van der Waals surface area (Å²) < 4.78 is 6.00. The molecule has 1 aromatic heterocycles. The number of hydrogen-bond donors (Lipinski definition) is 1. The fourth-order valence-corrected chi connectivity index (χ4v) is 3.42. The van der Waals surface area contributed by atoms with Crippen molar-refractivity contribution < 1.29 is 9.84 Å². The number of halogens is 2. The number of aliphatic hydroxyl groups excluding tert-OH is 1. The number of ether oxygens (including phenoxy) is 1. The fourth-order valence-electron chi connectivity index (χ4n) is 2.93. The van der Waals surface area contributed by atoms with Gasteiger partial charge in [0.05, 0.1) is 26.9 Å². The minimum atomic E-state index is -0.762. The summed E-state index contributed by atoms with van der Waals surface area (Å²) in [5, 5.41) is 11.4. The average molecular weight is 304 g/mol. The quantitative estimate of drug-likeness (QED) is 0.897. The van der Waals surface area contributed by atoms with Crippen LogP contribution in [0.1, 0.15) is 45.9 Å². The molecular weight excluding hydrogens is 285 g/mol. The van der Waals surface area contributed by atoms with Gasteiger partial charge in [-0.05, 0) is 40.2 Å². The minimum absolute atomic E-state index is 0.0614. The second-order valence-electron chi connectivity index (χ2n) is 6.24. The molecule has 1 fully saturated rings. The lowest BCUT2D eigenvalue weighted by Gasteiger charge is -2.30. The maximum Gasteiger partial charge on any atom is 0.103 e. The van der Waals surface area contributed by atoms with Gasteiger partial charge in [0.1, 0.15) is 6.10 Å². The highest BCUT2D eigenvalue weighted by atomic mass is 35.5. The van der Waals surface area contributed by atoms with Crippen LogP contribution in [0.4, 0.5) is 0 Å². The molecule has 106 valence electrons. The minimum Gasteiger partial charge on any atom is -0.386 e. The lowest BCUT2D eigenvalue weighted by molar-refractivity contribution is -0.0884. The van der Waals surface area contributed by atoms with Gasteiger partial charge in [0.2, 0.25) is 0 Å². The molecule has 2 unspecified atom stereocenters. The van der Waals surface area contributed by atoms with Gasteiger partial charge in [-0.3, -0.25) is 4.98 Å². The largest absolute Gasteiger partial charge is 0.386 e. The molecule has 1 saturated heterocycles. The zero-order chi connectivity index (χ0) is 14.4. The van der Waals surface area contributed by atoms with Crippen molar-refractivity contribution in [3.8, 4) is 0 Å².